The molecule has 1 saturated carbocycles. The van der Waals surface area contributed by atoms with Gasteiger partial charge in [0.1, 0.15) is 6.10 Å². The zero-order chi connectivity index (χ0) is 14.7. The summed E-state index contributed by atoms with van der Waals surface area (Å²) in [5, 5.41) is 15.2. The van der Waals surface area contributed by atoms with Crippen LogP contribution in [-0.4, -0.2) is 14.9 Å². The van der Waals surface area contributed by atoms with Crippen LogP contribution in [0.2, 0.25) is 0 Å². The molecule has 3 nitrogen and oxygen atoms in total. The van der Waals surface area contributed by atoms with E-state index in [1.807, 2.05) is 47.3 Å². The third-order valence-corrected chi connectivity index (χ3v) is 4.78. The van der Waals surface area contributed by atoms with E-state index in [1.54, 1.807) is 0 Å². The fraction of sp³-hybridized carbons (Fsp3) is 0.500. The Morgan fingerprint density at radius 3 is 2.81 bits per heavy atom. The first kappa shape index (κ1) is 14.3. The lowest BCUT2D eigenvalue weighted by Gasteiger charge is -2.31. The van der Waals surface area contributed by atoms with Crippen molar-refractivity contribution in [3.63, 3.8) is 0 Å². The number of aromatic nitrogens is 2. The van der Waals surface area contributed by atoms with Gasteiger partial charge in [0.2, 0.25) is 0 Å². The maximum Gasteiger partial charge on any atom is 0.101 e. The van der Waals surface area contributed by atoms with Crippen LogP contribution in [0.4, 0.5) is 0 Å². The molecule has 21 heavy (non-hydrogen) atoms. The van der Waals surface area contributed by atoms with Gasteiger partial charge in [-0.3, -0.25) is 0 Å². The Labute approximate surface area is 126 Å². The molecule has 112 valence electrons. The molecule has 3 unspecified atom stereocenters. The number of aliphatic hydroxyl groups is 1. The number of para-hydroxylation sites is 1. The minimum absolute atomic E-state index is 0.364. The second-order valence-corrected chi connectivity index (χ2v) is 6.17. The Morgan fingerprint density at radius 2 is 2.05 bits per heavy atom. The van der Waals surface area contributed by atoms with Crippen LogP contribution < -0.4 is 0 Å². The topological polar surface area (TPSA) is 38.0 Å². The summed E-state index contributed by atoms with van der Waals surface area (Å²) in [6, 6.07) is 12.0. The number of nitrogens with zero attached hydrogens (tertiary/aromatic N) is 2. The van der Waals surface area contributed by atoms with E-state index in [0.717, 1.165) is 30.1 Å². The van der Waals surface area contributed by atoms with Crippen molar-refractivity contribution in [3.05, 3.63) is 48.3 Å². The van der Waals surface area contributed by atoms with Crippen LogP contribution in [0.15, 0.2) is 42.6 Å². The van der Waals surface area contributed by atoms with Gasteiger partial charge in [-0.2, -0.15) is 5.10 Å². The number of benzene rings is 1. The molecule has 1 aromatic heterocycles. The molecule has 3 atom stereocenters. The van der Waals surface area contributed by atoms with Crippen molar-refractivity contribution in [1.82, 2.24) is 9.78 Å². The first-order valence-electron chi connectivity index (χ1n) is 8.07. The van der Waals surface area contributed by atoms with Crippen molar-refractivity contribution in [2.24, 2.45) is 11.8 Å². The smallest absolute Gasteiger partial charge is 0.101 e. The van der Waals surface area contributed by atoms with E-state index < -0.39 is 6.10 Å². The summed E-state index contributed by atoms with van der Waals surface area (Å²) in [6.07, 6.45) is 7.54. The predicted molar refractivity (Wildman–Crippen MR) is 84.3 cm³/mol. The first-order valence-corrected chi connectivity index (χ1v) is 8.07. The fourth-order valence-corrected chi connectivity index (χ4v) is 3.45. The van der Waals surface area contributed by atoms with E-state index >= 15 is 0 Å². The minimum atomic E-state index is -0.427. The van der Waals surface area contributed by atoms with Gasteiger partial charge in [0, 0.05) is 6.20 Å². The molecule has 3 heteroatoms. The maximum atomic E-state index is 10.6. The van der Waals surface area contributed by atoms with Gasteiger partial charge in [0.05, 0.1) is 11.4 Å². The van der Waals surface area contributed by atoms with Crippen molar-refractivity contribution in [2.45, 2.75) is 45.1 Å². The van der Waals surface area contributed by atoms with E-state index in [9.17, 15) is 5.11 Å². The summed E-state index contributed by atoms with van der Waals surface area (Å²) >= 11 is 0. The summed E-state index contributed by atoms with van der Waals surface area (Å²) in [5.41, 5.74) is 1.84. The molecule has 1 aliphatic carbocycles. The highest BCUT2D eigenvalue weighted by atomic mass is 16.3. The molecular weight excluding hydrogens is 260 g/mol. The van der Waals surface area contributed by atoms with Gasteiger partial charge in [0.15, 0.2) is 0 Å². The van der Waals surface area contributed by atoms with Gasteiger partial charge in [0.25, 0.3) is 0 Å². The molecular formula is C18H24N2O. The van der Waals surface area contributed by atoms with E-state index in [1.165, 1.54) is 19.3 Å². The lowest BCUT2D eigenvalue weighted by atomic mass is 9.77. The first-order chi connectivity index (χ1) is 10.3. The summed E-state index contributed by atoms with van der Waals surface area (Å²) in [6.45, 7) is 2.25. The molecule has 0 amide bonds. The van der Waals surface area contributed by atoms with E-state index in [-0.39, 0.29) is 0 Å². The maximum absolute atomic E-state index is 10.6. The standard InChI is InChI=1S/C18H24N2O/c1-2-14-7-6-8-15(13-14)18(21)17-11-12-20(19-17)16-9-4-3-5-10-16/h3-5,9-12,14-15,18,21H,2,6-8,13H2,1H3. The van der Waals surface area contributed by atoms with Crippen molar-refractivity contribution >= 4 is 0 Å². The average Bonchev–Trinajstić information content (AvgIpc) is 3.05. The van der Waals surface area contributed by atoms with Gasteiger partial charge < -0.3 is 5.11 Å². The van der Waals surface area contributed by atoms with Gasteiger partial charge in [-0.05, 0) is 42.9 Å². The van der Waals surface area contributed by atoms with Crippen LogP contribution in [0, 0.1) is 11.8 Å². The Kier molecular flexibility index (Phi) is 4.39. The lowest BCUT2D eigenvalue weighted by molar-refractivity contribution is 0.0642. The SMILES string of the molecule is CCC1CCCC(C(O)c2ccn(-c3ccccc3)n2)C1. The highest BCUT2D eigenvalue weighted by Crippen LogP contribution is 2.37. The van der Waals surface area contributed by atoms with Crippen molar-refractivity contribution < 1.29 is 5.11 Å². The molecule has 0 bridgehead atoms. The summed E-state index contributed by atoms with van der Waals surface area (Å²) < 4.78 is 1.85. The Balaban J connectivity index is 1.73. The van der Waals surface area contributed by atoms with E-state index in [2.05, 4.69) is 12.0 Å². The molecule has 0 spiro atoms. The molecule has 1 fully saturated rings. The zero-order valence-electron chi connectivity index (χ0n) is 12.7. The largest absolute Gasteiger partial charge is 0.386 e. The summed E-state index contributed by atoms with van der Waals surface area (Å²) in [7, 11) is 0. The number of rotatable bonds is 4. The normalized spacial score (nSPS) is 23.9. The van der Waals surface area contributed by atoms with Gasteiger partial charge in [-0.25, -0.2) is 4.68 Å². The van der Waals surface area contributed by atoms with Crippen LogP contribution in [0.1, 0.15) is 50.8 Å². The second-order valence-electron chi connectivity index (χ2n) is 6.17. The van der Waals surface area contributed by atoms with E-state index in [4.69, 9.17) is 0 Å². The van der Waals surface area contributed by atoms with Crippen LogP contribution in [-0.2, 0) is 0 Å². The number of hydrogen-bond donors (Lipinski definition) is 1. The molecule has 1 aliphatic rings. The van der Waals surface area contributed by atoms with Crippen molar-refractivity contribution in [1.29, 1.82) is 0 Å². The molecule has 1 aromatic carbocycles. The Hall–Kier alpha value is -1.61. The third kappa shape index (κ3) is 3.18. The monoisotopic (exact) mass is 284 g/mol. The van der Waals surface area contributed by atoms with Crippen LogP contribution in [0.3, 0.4) is 0 Å². The highest BCUT2D eigenvalue weighted by Gasteiger charge is 2.28. The van der Waals surface area contributed by atoms with E-state index in [0.29, 0.717) is 5.92 Å². The van der Waals surface area contributed by atoms with Crippen LogP contribution >= 0.6 is 0 Å². The molecule has 0 saturated heterocycles. The summed E-state index contributed by atoms with van der Waals surface area (Å²) in [5.74, 6) is 1.14. The Morgan fingerprint density at radius 1 is 1.24 bits per heavy atom. The fourth-order valence-electron chi connectivity index (χ4n) is 3.45. The van der Waals surface area contributed by atoms with Gasteiger partial charge in [-0.1, -0.05) is 44.4 Å². The predicted octanol–water partition coefficient (Wildman–Crippen LogP) is 4.12. The van der Waals surface area contributed by atoms with Gasteiger partial charge >= 0.3 is 0 Å². The van der Waals surface area contributed by atoms with Crippen LogP contribution in [0.25, 0.3) is 5.69 Å². The minimum Gasteiger partial charge on any atom is -0.386 e. The lowest BCUT2D eigenvalue weighted by Crippen LogP contribution is -2.21. The average molecular weight is 284 g/mol. The summed E-state index contributed by atoms with van der Waals surface area (Å²) in [4.78, 5) is 0. The van der Waals surface area contributed by atoms with Crippen LogP contribution in [0.5, 0.6) is 0 Å². The van der Waals surface area contributed by atoms with Crippen molar-refractivity contribution in [3.8, 4) is 5.69 Å². The molecule has 1 heterocycles. The highest BCUT2D eigenvalue weighted by molar-refractivity contribution is 5.30. The molecule has 1 N–H and O–H groups in total. The molecule has 0 aliphatic heterocycles. The van der Waals surface area contributed by atoms with Gasteiger partial charge in [-0.15, -0.1) is 0 Å². The molecule has 2 aromatic rings. The number of aliphatic hydroxyl groups excluding tert-OH is 1. The second kappa shape index (κ2) is 6.44. The number of hydrogen-bond acceptors (Lipinski definition) is 2. The third-order valence-electron chi connectivity index (χ3n) is 4.78. The molecule has 3 rings (SSSR count). The van der Waals surface area contributed by atoms with Crippen molar-refractivity contribution in [2.75, 3.05) is 0 Å². The molecule has 0 radical (unpaired) electrons. The zero-order valence-corrected chi connectivity index (χ0v) is 12.7. The quantitative estimate of drug-likeness (QED) is 0.917. The Bertz CT molecular complexity index is 564.